The molecule has 2 N–H and O–H groups in total. The van der Waals surface area contributed by atoms with Crippen LogP contribution in [0, 0.1) is 0 Å². The van der Waals surface area contributed by atoms with Gasteiger partial charge in [0.2, 0.25) is 0 Å². The zero-order valence-electron chi connectivity index (χ0n) is 16.8. The van der Waals surface area contributed by atoms with E-state index >= 15 is 0 Å². The molecule has 30 heavy (non-hydrogen) atoms. The Kier molecular flexibility index (Phi) is 6.29. The van der Waals surface area contributed by atoms with Crippen molar-refractivity contribution >= 4 is 29.2 Å². The molecule has 158 valence electrons. The summed E-state index contributed by atoms with van der Waals surface area (Å²) in [4.78, 5) is 35.0. The lowest BCUT2D eigenvalue weighted by Gasteiger charge is -2.37. The van der Waals surface area contributed by atoms with Gasteiger partial charge in [-0.25, -0.2) is 14.6 Å². The second kappa shape index (κ2) is 9.27. The van der Waals surface area contributed by atoms with Crippen LogP contribution < -0.4 is 15.5 Å². The van der Waals surface area contributed by atoms with Crippen LogP contribution in [0.5, 0.6) is 0 Å². The molecule has 2 aromatic heterocycles. The Hall–Kier alpha value is -2.91. The molecule has 0 aliphatic carbocycles. The lowest BCUT2D eigenvalue weighted by molar-refractivity contribution is -0.139. The molecule has 1 fully saturated rings. The van der Waals surface area contributed by atoms with E-state index in [1.807, 2.05) is 35.7 Å². The fourth-order valence-electron chi connectivity index (χ4n) is 3.76. The topological polar surface area (TPSA) is 86.8 Å². The van der Waals surface area contributed by atoms with Crippen molar-refractivity contribution in [1.82, 2.24) is 20.5 Å². The number of urea groups is 1. The first-order chi connectivity index (χ1) is 14.7. The average molecular weight is 428 g/mol. The van der Waals surface area contributed by atoms with Crippen molar-refractivity contribution < 1.29 is 14.3 Å². The Labute approximate surface area is 179 Å². The van der Waals surface area contributed by atoms with E-state index in [1.54, 1.807) is 13.1 Å². The van der Waals surface area contributed by atoms with Gasteiger partial charge < -0.3 is 20.3 Å². The normalized spacial score (nSPS) is 20.0. The van der Waals surface area contributed by atoms with Gasteiger partial charge in [-0.3, -0.25) is 4.90 Å². The predicted molar refractivity (Wildman–Crippen MR) is 115 cm³/mol. The number of pyridine rings is 1. The number of carbonyl (C=O) groups excluding carboxylic acids is 2. The van der Waals surface area contributed by atoms with Gasteiger partial charge in [-0.2, -0.15) is 0 Å². The van der Waals surface area contributed by atoms with E-state index in [0.717, 1.165) is 36.9 Å². The van der Waals surface area contributed by atoms with Crippen molar-refractivity contribution in [2.45, 2.75) is 13.0 Å². The van der Waals surface area contributed by atoms with Crippen molar-refractivity contribution in [3.05, 3.63) is 58.1 Å². The minimum absolute atomic E-state index is 0.281. The maximum absolute atomic E-state index is 12.8. The highest BCUT2D eigenvalue weighted by atomic mass is 32.1. The van der Waals surface area contributed by atoms with E-state index in [-0.39, 0.29) is 12.6 Å². The van der Waals surface area contributed by atoms with E-state index in [4.69, 9.17) is 4.74 Å². The van der Waals surface area contributed by atoms with Crippen LogP contribution in [-0.4, -0.2) is 61.2 Å². The van der Waals surface area contributed by atoms with Crippen LogP contribution in [0.25, 0.3) is 0 Å². The fraction of sp³-hybridized carbons (Fsp3) is 0.381. The number of anilines is 1. The second-order valence-corrected chi connectivity index (χ2v) is 8.09. The van der Waals surface area contributed by atoms with Crippen molar-refractivity contribution in [1.29, 1.82) is 0 Å². The number of piperazine rings is 1. The van der Waals surface area contributed by atoms with Crippen molar-refractivity contribution in [2.75, 3.05) is 44.2 Å². The number of hydrogen-bond acceptors (Lipinski definition) is 7. The maximum atomic E-state index is 12.8. The number of esters is 1. The molecule has 2 aromatic rings. The van der Waals surface area contributed by atoms with Crippen molar-refractivity contribution in [2.24, 2.45) is 0 Å². The lowest BCUT2D eigenvalue weighted by Crippen LogP contribution is -2.51. The second-order valence-electron chi connectivity index (χ2n) is 7.11. The molecule has 2 aliphatic heterocycles. The molecule has 2 aliphatic rings. The molecule has 4 rings (SSSR count). The minimum Gasteiger partial charge on any atom is -0.463 e. The third-order valence-electron chi connectivity index (χ3n) is 5.20. The molecule has 4 heterocycles. The Balaban J connectivity index is 1.53. The zero-order valence-corrected chi connectivity index (χ0v) is 17.7. The van der Waals surface area contributed by atoms with Gasteiger partial charge >= 0.3 is 12.0 Å². The van der Waals surface area contributed by atoms with E-state index < -0.39 is 12.0 Å². The van der Waals surface area contributed by atoms with Gasteiger partial charge in [0.1, 0.15) is 5.82 Å². The number of hydrogen-bond donors (Lipinski definition) is 2. The van der Waals surface area contributed by atoms with Crippen LogP contribution in [0.1, 0.15) is 17.8 Å². The number of ether oxygens (including phenoxy) is 1. The van der Waals surface area contributed by atoms with Crippen LogP contribution in [-0.2, 0) is 9.53 Å². The average Bonchev–Trinajstić information content (AvgIpc) is 3.29. The largest absolute Gasteiger partial charge is 0.463 e. The van der Waals surface area contributed by atoms with E-state index in [1.165, 1.54) is 11.3 Å². The number of rotatable bonds is 6. The molecule has 1 atom stereocenters. The molecule has 0 unspecified atom stereocenters. The van der Waals surface area contributed by atoms with Gasteiger partial charge in [0.15, 0.2) is 0 Å². The highest BCUT2D eigenvalue weighted by molar-refractivity contribution is 7.10. The summed E-state index contributed by atoms with van der Waals surface area (Å²) in [5.41, 5.74) is 1.09. The summed E-state index contributed by atoms with van der Waals surface area (Å²) in [6.07, 6.45) is 1.80. The number of nitrogens with one attached hydrogen (secondary N) is 2. The van der Waals surface area contributed by atoms with Crippen LogP contribution >= 0.6 is 11.3 Å². The summed E-state index contributed by atoms with van der Waals surface area (Å²) in [5, 5.41) is 7.66. The first-order valence-electron chi connectivity index (χ1n) is 10.0. The van der Waals surface area contributed by atoms with Crippen molar-refractivity contribution in [3.63, 3.8) is 0 Å². The number of amides is 2. The summed E-state index contributed by atoms with van der Waals surface area (Å²) in [5.74, 6) is 0.571. The molecule has 0 aromatic carbocycles. The highest BCUT2D eigenvalue weighted by Crippen LogP contribution is 2.31. The quantitative estimate of drug-likeness (QED) is 0.687. The van der Waals surface area contributed by atoms with E-state index in [9.17, 15) is 9.59 Å². The molecule has 0 bridgehead atoms. The summed E-state index contributed by atoms with van der Waals surface area (Å²) in [7, 11) is 0. The van der Waals surface area contributed by atoms with Gasteiger partial charge in [-0.05, 0) is 30.5 Å². The summed E-state index contributed by atoms with van der Waals surface area (Å²) >= 11 is 1.51. The lowest BCUT2D eigenvalue weighted by atomic mass is 10.0. The fourth-order valence-corrected chi connectivity index (χ4v) is 4.55. The number of nitrogens with zero attached hydrogens (tertiary/aromatic N) is 3. The first-order valence-corrected chi connectivity index (χ1v) is 10.9. The molecule has 0 radical (unpaired) electrons. The number of carbonyl (C=O) groups is 2. The van der Waals surface area contributed by atoms with Crippen LogP contribution in [0.2, 0.25) is 0 Å². The Bertz CT molecular complexity index is 908. The first kappa shape index (κ1) is 20.4. The molecule has 2 amide bonds. The van der Waals surface area contributed by atoms with Gasteiger partial charge in [0, 0.05) is 49.5 Å². The molecule has 1 saturated heterocycles. The van der Waals surface area contributed by atoms with Gasteiger partial charge in [0.05, 0.1) is 18.2 Å². The van der Waals surface area contributed by atoms with E-state index in [0.29, 0.717) is 17.8 Å². The minimum atomic E-state index is -0.498. The monoisotopic (exact) mass is 427 g/mol. The molecule has 0 spiro atoms. The standard InChI is InChI=1S/C21H25N5O3S/c1-2-29-20(27)18-15(23-21(28)24-19(18)16-6-5-13-30-16)14-25-9-11-26(12-10-25)17-7-3-4-8-22-17/h3-8,13,19H,2,9-12,14H2,1H3,(H2,23,24,28)/t19-/m0/s1. The summed E-state index contributed by atoms with van der Waals surface area (Å²) < 4.78 is 5.32. The summed E-state index contributed by atoms with van der Waals surface area (Å²) in [6, 6.07) is 8.94. The SMILES string of the molecule is CCOC(=O)C1=C(CN2CCN(c3ccccn3)CC2)NC(=O)N[C@H]1c1cccs1. The van der Waals surface area contributed by atoms with Crippen LogP contribution in [0.15, 0.2) is 53.2 Å². The summed E-state index contributed by atoms with van der Waals surface area (Å²) in [6.45, 7) is 5.83. The maximum Gasteiger partial charge on any atom is 0.338 e. The predicted octanol–water partition coefficient (Wildman–Crippen LogP) is 2.14. The van der Waals surface area contributed by atoms with Crippen LogP contribution in [0.4, 0.5) is 10.6 Å². The van der Waals surface area contributed by atoms with Gasteiger partial charge in [-0.1, -0.05) is 12.1 Å². The van der Waals surface area contributed by atoms with Crippen molar-refractivity contribution in [3.8, 4) is 0 Å². The smallest absolute Gasteiger partial charge is 0.338 e. The Morgan fingerprint density at radius 3 is 2.73 bits per heavy atom. The Morgan fingerprint density at radius 1 is 1.23 bits per heavy atom. The molecule has 0 saturated carbocycles. The van der Waals surface area contributed by atoms with E-state index in [2.05, 4.69) is 25.4 Å². The zero-order chi connectivity index (χ0) is 20.9. The van der Waals surface area contributed by atoms with Gasteiger partial charge in [0.25, 0.3) is 0 Å². The number of thiophene rings is 1. The molecular weight excluding hydrogens is 402 g/mol. The van der Waals surface area contributed by atoms with Gasteiger partial charge in [-0.15, -0.1) is 11.3 Å². The molecular formula is C21H25N5O3S. The molecule has 8 nitrogen and oxygen atoms in total. The van der Waals surface area contributed by atoms with Crippen LogP contribution in [0.3, 0.4) is 0 Å². The number of aromatic nitrogens is 1. The third kappa shape index (κ3) is 4.47. The molecule has 9 heteroatoms. The Morgan fingerprint density at radius 2 is 2.07 bits per heavy atom. The third-order valence-corrected chi connectivity index (χ3v) is 6.14. The highest BCUT2D eigenvalue weighted by Gasteiger charge is 2.35.